The summed E-state index contributed by atoms with van der Waals surface area (Å²) in [6, 6.07) is 16.7. The molecule has 6 bridgehead atoms. The molecular weight excluding hydrogens is 590 g/mol. The average molecular weight is 638 g/mol. The van der Waals surface area contributed by atoms with Crippen molar-refractivity contribution in [3.8, 4) is 28.1 Å². The Morgan fingerprint density at radius 1 is 1.06 bits per heavy atom. The van der Waals surface area contributed by atoms with E-state index in [9.17, 15) is 9.90 Å². The third-order valence-corrected chi connectivity index (χ3v) is 9.15. The van der Waals surface area contributed by atoms with Gasteiger partial charge in [0.15, 0.2) is 6.10 Å². The van der Waals surface area contributed by atoms with Gasteiger partial charge >= 0.3 is 5.97 Å². The van der Waals surface area contributed by atoms with Gasteiger partial charge in [0.2, 0.25) is 0 Å². The minimum atomic E-state index is -1.15. The second-order valence-corrected chi connectivity index (χ2v) is 14.3. The molecule has 1 saturated heterocycles. The monoisotopic (exact) mass is 637 g/mol. The molecule has 0 aliphatic carbocycles. The van der Waals surface area contributed by atoms with Crippen LogP contribution in [0, 0.1) is 13.8 Å². The Bertz CT molecular complexity index is 1810. The third kappa shape index (κ3) is 7.09. The summed E-state index contributed by atoms with van der Waals surface area (Å²) >= 11 is 0. The Labute approximate surface area is 278 Å². The zero-order valence-corrected chi connectivity index (χ0v) is 28.7. The summed E-state index contributed by atoms with van der Waals surface area (Å²) in [7, 11) is 0. The number of benzene rings is 2. The molecule has 3 aliphatic rings. The molecule has 47 heavy (non-hydrogen) atoms. The number of piperidine rings is 1. The van der Waals surface area contributed by atoms with Gasteiger partial charge in [0.25, 0.3) is 0 Å². The fourth-order valence-electron chi connectivity index (χ4n) is 6.64. The van der Waals surface area contributed by atoms with E-state index in [4.69, 9.17) is 19.2 Å². The van der Waals surface area contributed by atoms with Crippen molar-refractivity contribution < 1.29 is 24.1 Å². The first-order valence-electron chi connectivity index (χ1n) is 16.7. The van der Waals surface area contributed by atoms with E-state index in [2.05, 4.69) is 84.7 Å². The predicted molar refractivity (Wildman–Crippen MR) is 186 cm³/mol. The number of carboxylic acid groups (broad SMARTS) is 1. The number of aliphatic carboxylic acids is 1. The molecule has 1 fully saturated rings. The van der Waals surface area contributed by atoms with Crippen LogP contribution in [0.15, 0.2) is 66.9 Å². The number of hydrogen-bond acceptors (Lipinski definition) is 6. The minimum Gasteiger partial charge on any atom is -0.490 e. The second-order valence-electron chi connectivity index (χ2n) is 14.3. The van der Waals surface area contributed by atoms with Crippen LogP contribution in [0.2, 0.25) is 0 Å². The first-order chi connectivity index (χ1) is 22.3. The lowest BCUT2D eigenvalue weighted by Crippen LogP contribution is -2.45. The number of pyridine rings is 1. The van der Waals surface area contributed by atoms with Crippen LogP contribution in [-0.4, -0.2) is 57.5 Å². The van der Waals surface area contributed by atoms with Gasteiger partial charge in [-0.25, -0.2) is 9.78 Å². The van der Waals surface area contributed by atoms with Gasteiger partial charge in [-0.1, -0.05) is 42.0 Å². The van der Waals surface area contributed by atoms with Gasteiger partial charge in [0.05, 0.1) is 29.6 Å². The summed E-state index contributed by atoms with van der Waals surface area (Å²) in [5.41, 5.74) is 6.29. The fraction of sp³-hybridized carbons (Fsp3) is 0.436. The number of nitrogens with zero attached hydrogens (tertiary/aromatic N) is 3. The highest BCUT2D eigenvalue weighted by atomic mass is 16.5. The Balaban J connectivity index is 1.55. The molecule has 3 aliphatic heterocycles. The van der Waals surface area contributed by atoms with Gasteiger partial charge in [-0.3, -0.25) is 4.40 Å². The van der Waals surface area contributed by atoms with Crippen LogP contribution in [0.25, 0.3) is 28.0 Å². The van der Waals surface area contributed by atoms with E-state index in [1.807, 2.05) is 40.0 Å². The first kappa shape index (κ1) is 32.8. The maximum Gasteiger partial charge on any atom is 0.337 e. The summed E-state index contributed by atoms with van der Waals surface area (Å²) in [6.45, 7) is 15.9. The van der Waals surface area contributed by atoms with Crippen molar-refractivity contribution in [1.82, 2.24) is 9.38 Å². The van der Waals surface area contributed by atoms with Crippen molar-refractivity contribution in [2.24, 2.45) is 0 Å². The molecule has 248 valence electrons. The quantitative estimate of drug-likeness (QED) is 0.226. The molecule has 0 radical (unpaired) electrons. The molecule has 0 spiro atoms. The average Bonchev–Trinajstić information content (AvgIpc) is 3.43. The molecule has 5 heterocycles. The van der Waals surface area contributed by atoms with Crippen LogP contribution in [0.5, 0.6) is 5.75 Å². The summed E-state index contributed by atoms with van der Waals surface area (Å²) < 4.78 is 21.2. The van der Waals surface area contributed by atoms with E-state index in [-0.39, 0.29) is 11.7 Å². The Kier molecular flexibility index (Phi) is 8.94. The smallest absolute Gasteiger partial charge is 0.337 e. The van der Waals surface area contributed by atoms with Gasteiger partial charge in [0.1, 0.15) is 17.2 Å². The summed E-state index contributed by atoms with van der Waals surface area (Å²) in [5, 5.41) is 10.5. The second kappa shape index (κ2) is 12.8. The molecule has 2 aromatic carbocycles. The van der Waals surface area contributed by atoms with Crippen molar-refractivity contribution >= 4 is 17.4 Å². The fourth-order valence-corrected chi connectivity index (χ4v) is 6.64. The Morgan fingerprint density at radius 2 is 1.81 bits per heavy atom. The lowest BCUT2D eigenvalue weighted by atomic mass is 9.92. The van der Waals surface area contributed by atoms with E-state index in [0.717, 1.165) is 70.0 Å². The highest BCUT2D eigenvalue weighted by molar-refractivity contribution is 5.80. The zero-order valence-electron chi connectivity index (χ0n) is 28.7. The molecule has 7 rings (SSSR count). The number of imidazole rings is 1. The van der Waals surface area contributed by atoms with Gasteiger partial charge in [0, 0.05) is 42.4 Å². The van der Waals surface area contributed by atoms with Gasteiger partial charge in [-0.05, 0) is 96.7 Å². The molecule has 2 atom stereocenters. The molecule has 1 N–H and O–H groups in total. The predicted octanol–water partition coefficient (Wildman–Crippen LogP) is 8.33. The number of hydrogen-bond donors (Lipinski definition) is 1. The van der Waals surface area contributed by atoms with Crippen LogP contribution in [0.1, 0.15) is 76.7 Å². The summed E-state index contributed by atoms with van der Waals surface area (Å²) in [4.78, 5) is 20.2. The number of anilines is 1. The Hall–Kier alpha value is -4.14. The number of carbonyl (C=O) groups is 1. The van der Waals surface area contributed by atoms with E-state index in [1.165, 1.54) is 0 Å². The number of carboxylic acids is 1. The molecule has 0 unspecified atom stereocenters. The number of fused-ring (bicyclic) bond motifs is 7. The molecule has 0 saturated carbocycles. The van der Waals surface area contributed by atoms with Gasteiger partial charge < -0.3 is 24.2 Å². The topological polar surface area (TPSA) is 85.5 Å². The van der Waals surface area contributed by atoms with Crippen LogP contribution in [0.4, 0.5) is 5.82 Å². The zero-order chi connectivity index (χ0) is 33.5. The molecule has 8 heteroatoms. The highest BCUT2D eigenvalue weighted by Gasteiger charge is 2.37. The van der Waals surface area contributed by atoms with Crippen LogP contribution in [0.3, 0.4) is 0 Å². The number of aryl methyl sites for hydroxylation is 2. The lowest BCUT2D eigenvalue weighted by molar-refractivity contribution is -0.160. The maximum atomic E-state index is 12.8. The Morgan fingerprint density at radius 3 is 2.53 bits per heavy atom. The van der Waals surface area contributed by atoms with Crippen molar-refractivity contribution in [1.29, 1.82) is 0 Å². The number of rotatable bonds is 3. The van der Waals surface area contributed by atoms with Crippen molar-refractivity contribution in [2.75, 3.05) is 24.6 Å². The number of ether oxygens (including phenoxy) is 3. The first-order valence-corrected chi connectivity index (χ1v) is 16.7. The summed E-state index contributed by atoms with van der Waals surface area (Å²) in [5.74, 6) is 0.639. The largest absolute Gasteiger partial charge is 0.490 e. The van der Waals surface area contributed by atoms with Crippen molar-refractivity contribution in [3.05, 3.63) is 83.6 Å². The SMILES string of the molecule is Cc1ccc2c(c1)-c1cccc(c1)-c1cn3c(c([C@H](OC(C)(C)C)C(=O)O)c(C)cc3n1)N1CCC(C)(CC1)OCC=CC[C@H](C)O2. The highest BCUT2D eigenvalue weighted by Crippen LogP contribution is 2.40. The minimum absolute atomic E-state index is 0.00787. The van der Waals surface area contributed by atoms with Crippen LogP contribution >= 0.6 is 0 Å². The lowest BCUT2D eigenvalue weighted by Gasteiger charge is -2.41. The third-order valence-electron chi connectivity index (χ3n) is 9.15. The molecule has 0 amide bonds. The van der Waals surface area contributed by atoms with E-state index in [1.54, 1.807) is 0 Å². The van der Waals surface area contributed by atoms with Crippen molar-refractivity contribution in [3.63, 3.8) is 0 Å². The molecule has 8 nitrogen and oxygen atoms in total. The molecule has 2 aromatic heterocycles. The molecule has 4 aromatic rings. The maximum absolute atomic E-state index is 12.8. The van der Waals surface area contributed by atoms with Crippen molar-refractivity contribution in [2.45, 2.75) is 91.1 Å². The molecular formula is C39H47N3O5. The van der Waals surface area contributed by atoms with Crippen LogP contribution in [-0.2, 0) is 14.3 Å². The van der Waals surface area contributed by atoms with Gasteiger partial charge in [-0.2, -0.15) is 0 Å². The van der Waals surface area contributed by atoms with E-state index >= 15 is 0 Å². The van der Waals surface area contributed by atoms with Crippen LogP contribution < -0.4 is 9.64 Å². The standard InChI is InChI=1S/C39H47N3O5/c1-25-14-15-32-30(21-25)28-12-10-13-29(23-28)31-24-42-33(40-31)22-26(2)34(35(37(43)44)47-38(4,5)6)36(42)41-18-16-39(7,17-19-41)45-20-9-8-11-27(3)46-32/h8-10,12-15,21-24,27,35H,11,16-20H2,1-7H3,(H,43,44)/t27-,35-/m0/s1. The van der Waals surface area contributed by atoms with E-state index in [0.29, 0.717) is 25.3 Å². The normalized spacial score (nSPS) is 21.0. The van der Waals surface area contributed by atoms with Gasteiger partial charge in [-0.15, -0.1) is 0 Å². The summed E-state index contributed by atoms with van der Waals surface area (Å²) in [6.07, 6.45) is 7.48. The number of aromatic nitrogens is 2. The van der Waals surface area contributed by atoms with E-state index < -0.39 is 17.7 Å².